The molecule has 0 saturated heterocycles. The van der Waals surface area contributed by atoms with Gasteiger partial charge in [-0.05, 0) is 65.2 Å². The zero-order chi connectivity index (χ0) is 18.1. The Hall–Kier alpha value is -2.30. The van der Waals surface area contributed by atoms with Gasteiger partial charge in [0, 0.05) is 10.1 Å². The lowest BCUT2D eigenvalue weighted by Gasteiger charge is -2.09. The van der Waals surface area contributed by atoms with Crippen LogP contribution in [0.1, 0.15) is 44.1 Å². The molecule has 1 aromatic heterocycles. The van der Waals surface area contributed by atoms with E-state index in [0.717, 1.165) is 6.42 Å². The van der Waals surface area contributed by atoms with E-state index in [0.29, 0.717) is 0 Å². The SMILES string of the molecule is C1=CCC=c2c(c3ccccc3p2-c2cccc(C3=CCCCCC3)c2)=C1. The second kappa shape index (κ2) is 7.37. The number of fused-ring (bicyclic) bond motifs is 3. The first-order valence-corrected chi connectivity index (χ1v) is 11.5. The van der Waals surface area contributed by atoms with Gasteiger partial charge in [0.1, 0.15) is 0 Å². The Labute approximate surface area is 162 Å². The van der Waals surface area contributed by atoms with E-state index < -0.39 is 7.53 Å². The van der Waals surface area contributed by atoms with Crippen molar-refractivity contribution in [2.24, 2.45) is 0 Å². The van der Waals surface area contributed by atoms with Gasteiger partial charge >= 0.3 is 0 Å². The van der Waals surface area contributed by atoms with Crippen LogP contribution in [0.25, 0.3) is 33.5 Å². The smallest absolute Gasteiger partial charge is 0.00682 e. The lowest BCUT2D eigenvalue weighted by Crippen LogP contribution is -2.18. The highest BCUT2D eigenvalue weighted by Gasteiger charge is 2.12. The topological polar surface area (TPSA) is 0 Å². The van der Waals surface area contributed by atoms with Gasteiger partial charge in [-0.1, -0.05) is 86.8 Å². The van der Waals surface area contributed by atoms with E-state index in [4.69, 9.17) is 0 Å². The lowest BCUT2D eigenvalue weighted by molar-refractivity contribution is 0.720. The summed E-state index contributed by atoms with van der Waals surface area (Å²) in [6.07, 6.45) is 19.3. The average Bonchev–Trinajstić information content (AvgIpc) is 2.96. The van der Waals surface area contributed by atoms with Crippen molar-refractivity contribution in [3.8, 4) is 5.30 Å². The molecule has 2 aliphatic carbocycles. The van der Waals surface area contributed by atoms with Gasteiger partial charge in [0.25, 0.3) is 0 Å². The van der Waals surface area contributed by atoms with Gasteiger partial charge in [0.2, 0.25) is 0 Å². The maximum Gasteiger partial charge on any atom is 0.00682 e. The number of benzene rings is 2. The summed E-state index contributed by atoms with van der Waals surface area (Å²) in [6.45, 7) is 0. The molecule has 3 aromatic rings. The molecule has 0 nitrogen and oxygen atoms in total. The van der Waals surface area contributed by atoms with Crippen LogP contribution in [0.15, 0.2) is 66.8 Å². The molecule has 0 fully saturated rings. The van der Waals surface area contributed by atoms with Crippen molar-refractivity contribution in [1.82, 2.24) is 0 Å². The van der Waals surface area contributed by atoms with E-state index in [9.17, 15) is 0 Å². The molecule has 1 unspecified atom stereocenters. The van der Waals surface area contributed by atoms with Crippen LogP contribution >= 0.6 is 7.53 Å². The summed E-state index contributed by atoms with van der Waals surface area (Å²) in [7, 11) is -0.449. The largest absolute Gasteiger partial charge is 0.0807 e. The molecule has 0 amide bonds. The number of hydrogen-bond donors (Lipinski definition) is 0. The standard InChI is InChI=1S/C26H25P/c1-2-5-12-20(11-4-1)21-13-10-14-22(19-21)27-25-17-7-3-6-15-23(25)24-16-8-9-18-26(24)27/h3,6,8-11,13-19H,1-2,4-5,7,12H2. The third-order valence-electron chi connectivity index (χ3n) is 5.81. The highest BCUT2D eigenvalue weighted by atomic mass is 31.1. The van der Waals surface area contributed by atoms with Crippen molar-refractivity contribution in [3.05, 3.63) is 82.5 Å². The van der Waals surface area contributed by atoms with Crippen LogP contribution in [0, 0.1) is 0 Å². The molecule has 5 rings (SSSR count). The molecule has 1 heterocycles. The highest BCUT2D eigenvalue weighted by molar-refractivity contribution is 7.61. The average molecular weight is 368 g/mol. The second-order valence-electron chi connectivity index (χ2n) is 7.57. The van der Waals surface area contributed by atoms with E-state index in [-0.39, 0.29) is 0 Å². The van der Waals surface area contributed by atoms with Crippen molar-refractivity contribution in [2.75, 3.05) is 0 Å². The third kappa shape index (κ3) is 3.13. The van der Waals surface area contributed by atoms with Gasteiger partial charge < -0.3 is 0 Å². The molecule has 134 valence electrons. The molecule has 0 radical (unpaired) electrons. The third-order valence-corrected chi connectivity index (χ3v) is 8.39. The maximum atomic E-state index is 2.49. The van der Waals surface area contributed by atoms with Crippen LogP contribution < -0.4 is 10.2 Å². The van der Waals surface area contributed by atoms with E-state index in [1.54, 1.807) is 10.5 Å². The molecule has 0 spiro atoms. The van der Waals surface area contributed by atoms with Gasteiger partial charge in [-0.2, -0.15) is 0 Å². The summed E-state index contributed by atoms with van der Waals surface area (Å²) in [5, 5.41) is 5.88. The maximum absolute atomic E-state index is 2.49. The normalized spacial score (nSPS) is 17.3. The number of rotatable bonds is 2. The van der Waals surface area contributed by atoms with Crippen LogP contribution in [0.5, 0.6) is 0 Å². The van der Waals surface area contributed by atoms with Gasteiger partial charge in [-0.15, -0.1) is 0 Å². The summed E-state index contributed by atoms with van der Waals surface area (Å²) in [4.78, 5) is 1.54. The van der Waals surface area contributed by atoms with E-state index >= 15 is 0 Å². The van der Waals surface area contributed by atoms with Crippen molar-refractivity contribution < 1.29 is 0 Å². The fourth-order valence-corrected chi connectivity index (χ4v) is 7.20. The van der Waals surface area contributed by atoms with Crippen LogP contribution in [0.3, 0.4) is 0 Å². The molecule has 1 heteroatoms. The predicted octanol–water partition coefficient (Wildman–Crippen LogP) is 6.68. The summed E-state index contributed by atoms with van der Waals surface area (Å²) >= 11 is 0. The highest BCUT2D eigenvalue weighted by Crippen LogP contribution is 2.43. The Kier molecular flexibility index (Phi) is 4.60. The monoisotopic (exact) mass is 368 g/mol. The minimum absolute atomic E-state index is 0.449. The summed E-state index contributed by atoms with van der Waals surface area (Å²) < 4.78 is 0. The lowest BCUT2D eigenvalue weighted by atomic mass is 10.0. The molecule has 1 atom stereocenters. The van der Waals surface area contributed by atoms with Crippen LogP contribution in [0.4, 0.5) is 0 Å². The van der Waals surface area contributed by atoms with Crippen LogP contribution in [-0.4, -0.2) is 0 Å². The first kappa shape index (κ1) is 16.8. The molecule has 2 aliphatic rings. The molecule has 0 N–H and O–H groups in total. The summed E-state index contributed by atoms with van der Waals surface area (Å²) in [6, 6.07) is 18.5. The minimum Gasteiger partial charge on any atom is -0.0807 e. The van der Waals surface area contributed by atoms with Gasteiger partial charge in [-0.25, -0.2) is 0 Å². The second-order valence-corrected chi connectivity index (χ2v) is 9.72. The Bertz CT molecular complexity index is 1170. The first-order chi connectivity index (χ1) is 13.4. The summed E-state index contributed by atoms with van der Waals surface area (Å²) in [5.74, 6) is 0. The molecule has 0 saturated carbocycles. The van der Waals surface area contributed by atoms with Crippen LogP contribution in [-0.2, 0) is 0 Å². The molecular formula is C26H25P. The quantitative estimate of drug-likeness (QED) is 0.473. The van der Waals surface area contributed by atoms with Crippen molar-refractivity contribution in [3.63, 3.8) is 0 Å². The van der Waals surface area contributed by atoms with E-state index in [1.165, 1.54) is 58.7 Å². The Morgan fingerprint density at radius 3 is 2.81 bits per heavy atom. The Balaban J connectivity index is 1.74. The van der Waals surface area contributed by atoms with Gasteiger partial charge in [-0.3, -0.25) is 0 Å². The fourth-order valence-electron chi connectivity index (χ4n) is 4.48. The van der Waals surface area contributed by atoms with Crippen molar-refractivity contribution in [1.29, 1.82) is 0 Å². The number of hydrogen-bond acceptors (Lipinski definition) is 0. The molecule has 2 aromatic carbocycles. The zero-order valence-corrected chi connectivity index (χ0v) is 16.6. The predicted molar refractivity (Wildman–Crippen MR) is 121 cm³/mol. The number of allylic oxidation sites excluding steroid dienone is 4. The molecule has 27 heavy (non-hydrogen) atoms. The van der Waals surface area contributed by atoms with E-state index in [2.05, 4.69) is 78.9 Å². The Morgan fingerprint density at radius 2 is 1.81 bits per heavy atom. The fraction of sp³-hybridized carbons (Fsp3) is 0.231. The summed E-state index contributed by atoms with van der Waals surface area (Å²) in [5.41, 5.74) is 3.00. The van der Waals surface area contributed by atoms with Gasteiger partial charge in [0.05, 0.1) is 0 Å². The minimum atomic E-state index is -0.449. The zero-order valence-electron chi connectivity index (χ0n) is 15.7. The van der Waals surface area contributed by atoms with Gasteiger partial charge in [0.15, 0.2) is 0 Å². The molecule has 0 aliphatic heterocycles. The first-order valence-electron chi connectivity index (χ1n) is 10.2. The van der Waals surface area contributed by atoms with Crippen LogP contribution in [0.2, 0.25) is 0 Å². The van der Waals surface area contributed by atoms with Crippen molar-refractivity contribution in [2.45, 2.75) is 38.5 Å². The van der Waals surface area contributed by atoms with E-state index in [1.807, 2.05) is 0 Å². The molecule has 0 bridgehead atoms. The molecular weight excluding hydrogens is 343 g/mol. The van der Waals surface area contributed by atoms with Crippen molar-refractivity contribution >= 4 is 35.8 Å². The Morgan fingerprint density at radius 1 is 0.852 bits per heavy atom.